The van der Waals surface area contributed by atoms with Gasteiger partial charge in [0.05, 0.1) is 5.52 Å². The van der Waals surface area contributed by atoms with Gasteiger partial charge in [0.25, 0.3) is 0 Å². The molecule has 0 spiro atoms. The monoisotopic (exact) mass is 266 g/mol. The van der Waals surface area contributed by atoms with Gasteiger partial charge in [0.1, 0.15) is 5.69 Å². The quantitative estimate of drug-likeness (QED) is 0.680. The number of fused-ring (bicyclic) bond motifs is 1. The minimum atomic E-state index is -4.32. The van der Waals surface area contributed by atoms with Crippen LogP contribution in [0.5, 0.6) is 0 Å². The predicted octanol–water partition coefficient (Wildman–Crippen LogP) is 3.06. The van der Waals surface area contributed by atoms with Crippen LogP contribution in [0.4, 0.5) is 13.2 Å². The van der Waals surface area contributed by atoms with E-state index in [2.05, 4.69) is 20.2 Å². The second-order valence-electron chi connectivity index (χ2n) is 3.53. The molecule has 0 aliphatic rings. The van der Waals surface area contributed by atoms with Gasteiger partial charge in [-0.2, -0.15) is 18.3 Å². The average Bonchev–Trinajstić information content (AvgIpc) is 2.88. The lowest BCUT2D eigenvalue weighted by Crippen LogP contribution is -2.06. The zero-order valence-electron chi connectivity index (χ0n) is 9.59. The number of pyridine rings is 2. The molecule has 1 N–H and O–H groups in total. The van der Waals surface area contributed by atoms with Crippen molar-refractivity contribution in [1.29, 1.82) is 0 Å². The van der Waals surface area contributed by atoms with Crippen molar-refractivity contribution in [3.05, 3.63) is 54.7 Å². The highest BCUT2D eigenvalue weighted by Gasteiger charge is 2.31. The third kappa shape index (κ3) is 3.51. The van der Waals surface area contributed by atoms with E-state index in [1.807, 2.05) is 12.3 Å². The third-order valence-corrected chi connectivity index (χ3v) is 2.19. The Kier molecular flexibility index (Phi) is 3.74. The van der Waals surface area contributed by atoms with E-state index in [4.69, 9.17) is 0 Å². The highest BCUT2D eigenvalue weighted by Crippen LogP contribution is 2.26. The number of H-pyrrole nitrogens is 1. The van der Waals surface area contributed by atoms with Gasteiger partial charge < -0.3 is 0 Å². The molecule has 19 heavy (non-hydrogen) atoms. The maximum absolute atomic E-state index is 11.7. The Bertz CT molecular complexity index is 604. The maximum atomic E-state index is 11.7. The Morgan fingerprint density at radius 1 is 1.05 bits per heavy atom. The second-order valence-corrected chi connectivity index (χ2v) is 3.53. The Morgan fingerprint density at radius 2 is 1.89 bits per heavy atom. The fourth-order valence-corrected chi connectivity index (χ4v) is 1.31. The first kappa shape index (κ1) is 13.0. The lowest BCUT2D eigenvalue weighted by molar-refractivity contribution is -0.141. The molecule has 0 radical (unpaired) electrons. The van der Waals surface area contributed by atoms with Crippen molar-refractivity contribution in [3.8, 4) is 0 Å². The van der Waals surface area contributed by atoms with E-state index in [9.17, 15) is 13.2 Å². The topological polar surface area (TPSA) is 54.5 Å². The van der Waals surface area contributed by atoms with Crippen molar-refractivity contribution in [1.82, 2.24) is 20.2 Å². The SMILES string of the molecule is FC(F)(F)c1ccccn1.c1cc2n[nH]cc2cn1. The number of alkyl halides is 3. The summed E-state index contributed by atoms with van der Waals surface area (Å²) in [4.78, 5) is 7.05. The Morgan fingerprint density at radius 3 is 2.47 bits per heavy atom. The Balaban J connectivity index is 0.000000141. The van der Waals surface area contributed by atoms with Crippen LogP contribution < -0.4 is 0 Å². The van der Waals surface area contributed by atoms with Crippen LogP contribution in [0.3, 0.4) is 0 Å². The summed E-state index contributed by atoms with van der Waals surface area (Å²) in [5.74, 6) is 0. The molecule has 0 fully saturated rings. The van der Waals surface area contributed by atoms with Crippen molar-refractivity contribution in [2.24, 2.45) is 0 Å². The summed E-state index contributed by atoms with van der Waals surface area (Å²) in [5.41, 5.74) is 0.111. The number of rotatable bonds is 0. The highest BCUT2D eigenvalue weighted by atomic mass is 19.4. The molecular formula is C12H9F3N4. The molecule has 0 saturated heterocycles. The van der Waals surface area contributed by atoms with Gasteiger partial charge in [0, 0.05) is 30.2 Å². The van der Waals surface area contributed by atoms with Crippen molar-refractivity contribution < 1.29 is 13.2 Å². The zero-order chi connectivity index (χ0) is 13.7. The van der Waals surface area contributed by atoms with Crippen molar-refractivity contribution in [2.45, 2.75) is 6.18 Å². The number of nitrogens with zero attached hydrogens (tertiary/aromatic N) is 3. The van der Waals surface area contributed by atoms with E-state index in [1.54, 1.807) is 12.4 Å². The van der Waals surface area contributed by atoms with Crippen LogP contribution in [-0.2, 0) is 6.18 Å². The normalized spacial score (nSPS) is 10.9. The number of hydrogen-bond donors (Lipinski definition) is 1. The Labute approximate surface area is 106 Å². The minimum Gasteiger partial charge on any atom is -0.284 e. The van der Waals surface area contributed by atoms with Crippen LogP contribution in [0, 0.1) is 0 Å². The predicted molar refractivity (Wildman–Crippen MR) is 63.1 cm³/mol. The smallest absolute Gasteiger partial charge is 0.284 e. The van der Waals surface area contributed by atoms with E-state index in [-0.39, 0.29) is 0 Å². The molecule has 3 aromatic rings. The van der Waals surface area contributed by atoms with Gasteiger partial charge in [-0.3, -0.25) is 15.1 Å². The van der Waals surface area contributed by atoms with Gasteiger partial charge in [0.15, 0.2) is 0 Å². The Hall–Kier alpha value is -2.44. The van der Waals surface area contributed by atoms with Crippen molar-refractivity contribution >= 4 is 10.9 Å². The number of aromatic nitrogens is 4. The summed E-state index contributed by atoms with van der Waals surface area (Å²) in [7, 11) is 0. The van der Waals surface area contributed by atoms with E-state index in [0.29, 0.717) is 0 Å². The fourth-order valence-electron chi connectivity index (χ4n) is 1.31. The van der Waals surface area contributed by atoms with Crippen LogP contribution in [0.2, 0.25) is 0 Å². The molecule has 0 amide bonds. The number of aromatic amines is 1. The molecule has 98 valence electrons. The lowest BCUT2D eigenvalue weighted by atomic mass is 10.3. The molecule has 7 heteroatoms. The van der Waals surface area contributed by atoms with Gasteiger partial charge in [-0.05, 0) is 18.2 Å². The van der Waals surface area contributed by atoms with Gasteiger partial charge in [0.2, 0.25) is 0 Å². The molecular weight excluding hydrogens is 257 g/mol. The molecule has 0 atom stereocenters. The molecule has 4 nitrogen and oxygen atoms in total. The average molecular weight is 266 g/mol. The minimum absolute atomic E-state index is 0.852. The summed E-state index contributed by atoms with van der Waals surface area (Å²) in [6.45, 7) is 0. The summed E-state index contributed by atoms with van der Waals surface area (Å²) >= 11 is 0. The molecule has 0 aliphatic carbocycles. The molecule has 0 bridgehead atoms. The highest BCUT2D eigenvalue weighted by molar-refractivity contribution is 5.75. The largest absolute Gasteiger partial charge is 0.433 e. The van der Waals surface area contributed by atoms with Crippen LogP contribution in [0.1, 0.15) is 5.69 Å². The molecule has 3 rings (SSSR count). The molecule has 0 aliphatic heterocycles. The van der Waals surface area contributed by atoms with Crippen LogP contribution >= 0.6 is 0 Å². The number of halogens is 3. The first-order chi connectivity index (χ1) is 9.07. The van der Waals surface area contributed by atoms with Crippen LogP contribution in [0.25, 0.3) is 10.9 Å². The molecule has 0 unspecified atom stereocenters. The molecule has 0 saturated carbocycles. The van der Waals surface area contributed by atoms with E-state index in [0.717, 1.165) is 23.2 Å². The van der Waals surface area contributed by atoms with E-state index >= 15 is 0 Å². The second kappa shape index (κ2) is 5.47. The summed E-state index contributed by atoms with van der Waals surface area (Å²) < 4.78 is 35.2. The zero-order valence-corrected chi connectivity index (χ0v) is 9.59. The lowest BCUT2D eigenvalue weighted by Gasteiger charge is -2.02. The summed E-state index contributed by atoms with van der Waals surface area (Å²) in [6, 6.07) is 5.54. The number of nitrogens with one attached hydrogen (secondary N) is 1. The van der Waals surface area contributed by atoms with Crippen molar-refractivity contribution in [3.63, 3.8) is 0 Å². The molecule has 0 aromatic carbocycles. The molecule has 3 heterocycles. The van der Waals surface area contributed by atoms with Gasteiger partial charge >= 0.3 is 6.18 Å². The molecule has 3 aromatic heterocycles. The van der Waals surface area contributed by atoms with Crippen LogP contribution in [0.15, 0.2) is 49.1 Å². The van der Waals surface area contributed by atoms with Gasteiger partial charge in [-0.1, -0.05) is 6.07 Å². The first-order valence-corrected chi connectivity index (χ1v) is 5.29. The van der Waals surface area contributed by atoms with Crippen molar-refractivity contribution in [2.75, 3.05) is 0 Å². The first-order valence-electron chi connectivity index (χ1n) is 5.29. The number of hydrogen-bond acceptors (Lipinski definition) is 3. The summed E-state index contributed by atoms with van der Waals surface area (Å²) in [6.07, 6.45) is 2.12. The van der Waals surface area contributed by atoms with Gasteiger partial charge in [-0.25, -0.2) is 0 Å². The maximum Gasteiger partial charge on any atom is 0.433 e. The third-order valence-electron chi connectivity index (χ3n) is 2.19. The van der Waals surface area contributed by atoms with E-state index < -0.39 is 11.9 Å². The standard InChI is InChI=1S/C6H4F3N.C6H5N3/c7-6(8,9)5-3-1-2-4-10-5;1-2-7-3-5-4-8-9-6(1)5/h1-4H;1-4H,(H,8,9). The van der Waals surface area contributed by atoms with Crippen LogP contribution in [-0.4, -0.2) is 20.2 Å². The fraction of sp³-hybridized carbons (Fsp3) is 0.0833. The van der Waals surface area contributed by atoms with E-state index in [1.165, 1.54) is 12.1 Å². The van der Waals surface area contributed by atoms with Gasteiger partial charge in [-0.15, -0.1) is 0 Å². The summed E-state index contributed by atoms with van der Waals surface area (Å²) in [5, 5.41) is 7.75.